The minimum absolute atomic E-state index is 0.0150. The van der Waals surface area contributed by atoms with Gasteiger partial charge in [0.05, 0.1) is 28.6 Å². The maximum Gasteiger partial charge on any atom is 0.310 e. The number of hydrogen-bond acceptors (Lipinski definition) is 7. The van der Waals surface area contributed by atoms with Gasteiger partial charge in [0.15, 0.2) is 0 Å². The van der Waals surface area contributed by atoms with Gasteiger partial charge in [0.25, 0.3) is 0 Å². The quantitative estimate of drug-likeness (QED) is 0.387. The topological polar surface area (TPSA) is 110 Å². The van der Waals surface area contributed by atoms with E-state index in [0.29, 0.717) is 6.42 Å². The van der Waals surface area contributed by atoms with Crippen LogP contribution < -0.4 is 0 Å². The summed E-state index contributed by atoms with van der Waals surface area (Å²) in [5.74, 6) is -1.58. The molecule has 0 aromatic rings. The molecule has 7 nitrogen and oxygen atoms in total. The molecule has 1 heterocycles. The number of carbonyl (C=O) groups is 2. The van der Waals surface area contributed by atoms with Gasteiger partial charge >= 0.3 is 11.9 Å². The Bertz CT molecular complexity index is 553. The van der Waals surface area contributed by atoms with Crippen molar-refractivity contribution in [3.8, 4) is 0 Å². The fourth-order valence-corrected chi connectivity index (χ4v) is 4.53. The molecule has 2 bridgehead atoms. The van der Waals surface area contributed by atoms with E-state index in [2.05, 4.69) is 0 Å². The molecule has 0 aromatic heterocycles. The van der Waals surface area contributed by atoms with Crippen molar-refractivity contribution in [2.24, 2.45) is 23.7 Å². The van der Waals surface area contributed by atoms with Gasteiger partial charge in [-0.3, -0.25) is 9.59 Å². The Hall–Kier alpha value is -1.15. The van der Waals surface area contributed by atoms with Crippen molar-refractivity contribution in [3.63, 3.8) is 0 Å². The molecule has 2 saturated carbocycles. The van der Waals surface area contributed by atoms with Crippen molar-refractivity contribution in [1.82, 2.24) is 0 Å². The first kappa shape index (κ1) is 14.8. The van der Waals surface area contributed by atoms with E-state index in [1.54, 1.807) is 0 Å². The number of unbranched alkanes of at least 4 members (excludes halogenated alkanes) is 1. The molecule has 5 atom stereocenters. The molecular weight excluding hydrogens is 300 g/mol. The van der Waals surface area contributed by atoms with Gasteiger partial charge in [-0.25, -0.2) is 8.42 Å². The van der Waals surface area contributed by atoms with Crippen LogP contribution in [0.4, 0.5) is 0 Å². The van der Waals surface area contributed by atoms with Crippen molar-refractivity contribution >= 4 is 22.1 Å². The van der Waals surface area contributed by atoms with Gasteiger partial charge in [-0.1, -0.05) is 0 Å². The summed E-state index contributed by atoms with van der Waals surface area (Å²) in [6.45, 7) is 0.0768. The lowest BCUT2D eigenvalue weighted by molar-refractivity contribution is -0.155. The second kappa shape index (κ2) is 5.24. The highest BCUT2D eigenvalue weighted by atomic mass is 32.2. The molecular formula is C13H17O7S-. The molecule has 0 radical (unpaired) electrons. The van der Waals surface area contributed by atoms with Crippen molar-refractivity contribution < 1.29 is 32.0 Å². The summed E-state index contributed by atoms with van der Waals surface area (Å²) in [6, 6.07) is 0. The second-order valence-electron chi connectivity index (χ2n) is 6.06. The smallest absolute Gasteiger partial charge is 0.310 e. The van der Waals surface area contributed by atoms with Crippen LogP contribution in [-0.4, -0.2) is 43.4 Å². The Balaban J connectivity index is 1.47. The van der Waals surface area contributed by atoms with Crippen LogP contribution in [0.15, 0.2) is 0 Å². The lowest BCUT2D eigenvalue weighted by Crippen LogP contribution is -2.33. The van der Waals surface area contributed by atoms with Crippen LogP contribution in [0.3, 0.4) is 0 Å². The van der Waals surface area contributed by atoms with Gasteiger partial charge in [0, 0.05) is 11.7 Å². The zero-order valence-electron chi connectivity index (χ0n) is 11.4. The van der Waals surface area contributed by atoms with Gasteiger partial charge in [-0.15, -0.1) is 0 Å². The third-order valence-corrected chi connectivity index (χ3v) is 5.58. The average Bonchev–Trinajstić information content (AvgIpc) is 2.97. The molecule has 21 heavy (non-hydrogen) atoms. The number of ether oxygens (including phenoxy) is 2. The minimum Gasteiger partial charge on any atom is -0.748 e. The number of fused-ring (bicyclic) bond motifs is 1. The Morgan fingerprint density at radius 2 is 2.10 bits per heavy atom. The highest BCUT2D eigenvalue weighted by Crippen LogP contribution is 2.57. The number of carbonyl (C=O) groups excluding carboxylic acids is 2. The van der Waals surface area contributed by atoms with E-state index in [-0.39, 0.29) is 42.9 Å². The summed E-state index contributed by atoms with van der Waals surface area (Å²) in [6.07, 6.45) is 2.06. The number of esters is 2. The Kier molecular flexibility index (Phi) is 3.69. The lowest BCUT2D eigenvalue weighted by Gasteiger charge is -2.22. The summed E-state index contributed by atoms with van der Waals surface area (Å²) in [5.41, 5.74) is 0. The van der Waals surface area contributed by atoms with E-state index in [4.69, 9.17) is 9.47 Å². The standard InChI is InChI=1S/C13H18O7S/c14-12(19-3-1-2-4-21(16,17)18)10-7-5-8-9(6-7)20-13(15)11(8)10/h7-11H,1-6H2,(H,16,17,18)/p-1. The second-order valence-corrected chi connectivity index (χ2v) is 7.58. The van der Waals surface area contributed by atoms with Crippen LogP contribution in [-0.2, 0) is 29.2 Å². The van der Waals surface area contributed by atoms with Crippen molar-refractivity contribution in [2.45, 2.75) is 31.8 Å². The molecule has 118 valence electrons. The third-order valence-electron chi connectivity index (χ3n) is 4.79. The fraction of sp³-hybridized carbons (Fsp3) is 0.846. The maximum absolute atomic E-state index is 12.1. The molecule has 8 heteroatoms. The van der Waals surface area contributed by atoms with Crippen LogP contribution in [0.5, 0.6) is 0 Å². The molecule has 0 spiro atoms. The largest absolute Gasteiger partial charge is 0.748 e. The molecule has 3 aliphatic rings. The summed E-state index contributed by atoms with van der Waals surface area (Å²) in [5, 5.41) is 0. The molecule has 0 N–H and O–H groups in total. The van der Waals surface area contributed by atoms with E-state index < -0.39 is 27.8 Å². The summed E-state index contributed by atoms with van der Waals surface area (Å²) in [7, 11) is -4.21. The average molecular weight is 317 g/mol. The molecule has 2 aliphatic carbocycles. The van der Waals surface area contributed by atoms with Crippen LogP contribution in [0.2, 0.25) is 0 Å². The monoisotopic (exact) mass is 317 g/mol. The van der Waals surface area contributed by atoms with E-state index in [1.165, 1.54) is 0 Å². The third kappa shape index (κ3) is 2.78. The number of rotatable bonds is 6. The molecule has 5 unspecified atom stereocenters. The minimum atomic E-state index is -4.21. The van der Waals surface area contributed by atoms with E-state index in [0.717, 1.165) is 12.8 Å². The maximum atomic E-state index is 12.1. The predicted molar refractivity (Wildman–Crippen MR) is 67.8 cm³/mol. The van der Waals surface area contributed by atoms with E-state index >= 15 is 0 Å². The first-order valence-corrected chi connectivity index (χ1v) is 8.75. The molecule has 0 amide bonds. The van der Waals surface area contributed by atoms with Crippen LogP contribution >= 0.6 is 0 Å². The highest BCUT2D eigenvalue weighted by molar-refractivity contribution is 7.85. The number of hydrogen-bond donors (Lipinski definition) is 0. The van der Waals surface area contributed by atoms with Gasteiger partial charge in [0.1, 0.15) is 6.10 Å². The van der Waals surface area contributed by atoms with Crippen molar-refractivity contribution in [2.75, 3.05) is 12.4 Å². The molecule has 1 saturated heterocycles. The first-order valence-electron chi connectivity index (χ1n) is 7.17. The molecule has 0 aromatic carbocycles. The zero-order valence-corrected chi connectivity index (χ0v) is 12.2. The molecule has 1 aliphatic heterocycles. The van der Waals surface area contributed by atoms with Gasteiger partial charge < -0.3 is 14.0 Å². The van der Waals surface area contributed by atoms with Crippen LogP contribution in [0.1, 0.15) is 25.7 Å². The van der Waals surface area contributed by atoms with Gasteiger partial charge in [-0.05, 0) is 31.6 Å². The Morgan fingerprint density at radius 1 is 1.33 bits per heavy atom. The van der Waals surface area contributed by atoms with Gasteiger partial charge in [-0.2, -0.15) is 0 Å². The Labute approximate surface area is 122 Å². The van der Waals surface area contributed by atoms with E-state index in [9.17, 15) is 22.6 Å². The summed E-state index contributed by atoms with van der Waals surface area (Å²) in [4.78, 5) is 23.9. The van der Waals surface area contributed by atoms with Crippen molar-refractivity contribution in [1.29, 1.82) is 0 Å². The van der Waals surface area contributed by atoms with Crippen LogP contribution in [0, 0.1) is 23.7 Å². The highest BCUT2D eigenvalue weighted by Gasteiger charge is 2.64. The molecule has 3 fully saturated rings. The SMILES string of the molecule is O=C(OCCCCS(=O)(=O)[O-])C1C2CC3OC(=O)C1C3C2. The fourth-order valence-electron chi connectivity index (χ4n) is 3.98. The zero-order chi connectivity index (χ0) is 15.2. The normalized spacial score (nSPS) is 36.8. The predicted octanol–water partition coefficient (Wildman–Crippen LogP) is 0.0526. The summed E-state index contributed by atoms with van der Waals surface area (Å²) < 4.78 is 41.7. The van der Waals surface area contributed by atoms with E-state index in [1.807, 2.05) is 0 Å². The summed E-state index contributed by atoms with van der Waals surface area (Å²) >= 11 is 0. The van der Waals surface area contributed by atoms with Crippen molar-refractivity contribution in [3.05, 3.63) is 0 Å². The van der Waals surface area contributed by atoms with Crippen LogP contribution in [0.25, 0.3) is 0 Å². The first-order chi connectivity index (χ1) is 9.87. The lowest BCUT2D eigenvalue weighted by atomic mass is 9.80. The van der Waals surface area contributed by atoms with Gasteiger partial charge in [0.2, 0.25) is 0 Å². The Morgan fingerprint density at radius 3 is 2.81 bits per heavy atom. The molecule has 3 rings (SSSR count).